The predicted molar refractivity (Wildman–Crippen MR) is 88.2 cm³/mol. The Labute approximate surface area is 138 Å². The van der Waals surface area contributed by atoms with Gasteiger partial charge in [-0.3, -0.25) is 4.90 Å². The highest BCUT2D eigenvalue weighted by Gasteiger charge is 2.29. The zero-order valence-corrected chi connectivity index (χ0v) is 14.0. The summed E-state index contributed by atoms with van der Waals surface area (Å²) < 4.78 is 26.7. The van der Waals surface area contributed by atoms with Crippen LogP contribution in [0.1, 0.15) is 36.9 Å². The molecule has 1 saturated heterocycles. The van der Waals surface area contributed by atoms with E-state index in [1.165, 1.54) is 5.56 Å². The van der Waals surface area contributed by atoms with Gasteiger partial charge in [-0.25, -0.2) is 8.78 Å². The summed E-state index contributed by atoms with van der Waals surface area (Å²) in [5.74, 6) is 0.429. The van der Waals surface area contributed by atoms with Crippen molar-refractivity contribution in [3.8, 4) is 0 Å². The standard InChI is InChI=1S/C15H22F2N2.2ClH/c1-11(2)12-3-5-13(6-4-12)14(15(16)17)19-9-7-18-8-10-19;;/h3-6,11,14-15,18H,7-10H2,1-2H3;2*1H/t14-;;/m1../s1. The Kier molecular flexibility index (Phi) is 9.38. The van der Waals surface area contributed by atoms with E-state index in [4.69, 9.17) is 0 Å². The summed E-state index contributed by atoms with van der Waals surface area (Å²) in [6, 6.07) is 6.88. The van der Waals surface area contributed by atoms with Gasteiger partial charge in [-0.05, 0) is 17.0 Å². The van der Waals surface area contributed by atoms with Crippen molar-refractivity contribution in [2.75, 3.05) is 26.2 Å². The molecule has 122 valence electrons. The number of alkyl halides is 2. The smallest absolute Gasteiger partial charge is 0.258 e. The fourth-order valence-corrected chi connectivity index (χ4v) is 2.55. The molecule has 0 spiro atoms. The third kappa shape index (κ3) is 5.37. The van der Waals surface area contributed by atoms with Gasteiger partial charge in [0.25, 0.3) is 6.43 Å². The third-order valence-corrected chi connectivity index (χ3v) is 3.73. The van der Waals surface area contributed by atoms with Gasteiger partial charge in [0.15, 0.2) is 0 Å². The first-order valence-electron chi connectivity index (χ1n) is 6.92. The maximum absolute atomic E-state index is 13.4. The van der Waals surface area contributed by atoms with Crippen molar-refractivity contribution < 1.29 is 8.78 Å². The Balaban J connectivity index is 0.00000200. The number of piperazine rings is 1. The SMILES string of the molecule is CC(C)c1ccc([C@H](C(F)F)N2CCNCC2)cc1.Cl.Cl. The van der Waals surface area contributed by atoms with Gasteiger partial charge in [0.2, 0.25) is 0 Å². The highest BCUT2D eigenvalue weighted by molar-refractivity contribution is 5.85. The summed E-state index contributed by atoms with van der Waals surface area (Å²) in [6.45, 7) is 7.15. The maximum Gasteiger partial charge on any atom is 0.258 e. The number of nitrogens with one attached hydrogen (secondary N) is 1. The number of hydrogen-bond donors (Lipinski definition) is 1. The first-order valence-corrected chi connectivity index (χ1v) is 6.92. The monoisotopic (exact) mass is 340 g/mol. The number of nitrogens with zero attached hydrogens (tertiary/aromatic N) is 1. The molecular formula is C15H24Cl2F2N2. The summed E-state index contributed by atoms with van der Waals surface area (Å²) >= 11 is 0. The van der Waals surface area contributed by atoms with E-state index < -0.39 is 12.5 Å². The van der Waals surface area contributed by atoms with Gasteiger partial charge < -0.3 is 5.32 Å². The molecule has 1 N–H and O–H groups in total. The molecule has 1 aromatic rings. The second kappa shape index (κ2) is 9.57. The lowest BCUT2D eigenvalue weighted by Gasteiger charge is -2.34. The van der Waals surface area contributed by atoms with Crippen molar-refractivity contribution in [1.82, 2.24) is 10.2 Å². The van der Waals surface area contributed by atoms with Crippen LogP contribution in [0.2, 0.25) is 0 Å². The molecule has 0 bridgehead atoms. The molecule has 2 nitrogen and oxygen atoms in total. The molecule has 0 saturated carbocycles. The molecule has 0 unspecified atom stereocenters. The molecule has 1 atom stereocenters. The average Bonchev–Trinajstić information content (AvgIpc) is 2.40. The van der Waals surface area contributed by atoms with Gasteiger partial charge in [0.05, 0.1) is 6.04 Å². The highest BCUT2D eigenvalue weighted by Crippen LogP contribution is 2.29. The van der Waals surface area contributed by atoms with Crippen LogP contribution in [0.4, 0.5) is 8.78 Å². The van der Waals surface area contributed by atoms with Crippen LogP contribution < -0.4 is 5.32 Å². The van der Waals surface area contributed by atoms with E-state index in [0.29, 0.717) is 19.0 Å². The number of halogens is 4. The molecule has 1 aliphatic heterocycles. The molecule has 0 radical (unpaired) electrons. The third-order valence-electron chi connectivity index (χ3n) is 3.73. The van der Waals surface area contributed by atoms with Gasteiger partial charge in [-0.1, -0.05) is 38.1 Å². The van der Waals surface area contributed by atoms with Gasteiger partial charge >= 0.3 is 0 Å². The molecule has 1 aliphatic rings. The van der Waals surface area contributed by atoms with Crippen LogP contribution in [-0.4, -0.2) is 37.5 Å². The van der Waals surface area contributed by atoms with Gasteiger partial charge in [0, 0.05) is 26.2 Å². The summed E-state index contributed by atoms with van der Waals surface area (Å²) in [5, 5.41) is 3.20. The minimum Gasteiger partial charge on any atom is -0.314 e. The lowest BCUT2D eigenvalue weighted by molar-refractivity contribution is 0.0182. The average molecular weight is 341 g/mol. The van der Waals surface area contributed by atoms with Crippen LogP contribution in [0, 0.1) is 0 Å². The Morgan fingerprint density at radius 2 is 1.43 bits per heavy atom. The fraction of sp³-hybridized carbons (Fsp3) is 0.600. The van der Waals surface area contributed by atoms with E-state index in [-0.39, 0.29) is 24.8 Å². The van der Waals surface area contributed by atoms with E-state index in [0.717, 1.165) is 18.7 Å². The molecular weight excluding hydrogens is 317 g/mol. The van der Waals surface area contributed by atoms with Crippen LogP contribution in [0.15, 0.2) is 24.3 Å². The number of rotatable bonds is 4. The van der Waals surface area contributed by atoms with Crippen LogP contribution in [0.25, 0.3) is 0 Å². The topological polar surface area (TPSA) is 15.3 Å². The van der Waals surface area contributed by atoms with Gasteiger partial charge in [-0.2, -0.15) is 0 Å². The molecule has 1 aromatic carbocycles. The number of benzene rings is 1. The second-order valence-electron chi connectivity index (χ2n) is 5.39. The normalized spacial score (nSPS) is 17.2. The predicted octanol–water partition coefficient (Wildman–Crippen LogP) is 3.87. The van der Waals surface area contributed by atoms with E-state index in [1.807, 2.05) is 29.2 Å². The Bertz CT molecular complexity index is 393. The van der Waals surface area contributed by atoms with E-state index in [1.54, 1.807) is 0 Å². The van der Waals surface area contributed by atoms with Crippen molar-refractivity contribution >= 4 is 24.8 Å². The zero-order chi connectivity index (χ0) is 13.8. The summed E-state index contributed by atoms with van der Waals surface area (Å²) in [5.41, 5.74) is 1.92. The number of hydrogen-bond acceptors (Lipinski definition) is 2. The van der Waals surface area contributed by atoms with Crippen molar-refractivity contribution in [2.24, 2.45) is 0 Å². The summed E-state index contributed by atoms with van der Waals surface area (Å²) in [6.07, 6.45) is -2.34. The van der Waals surface area contributed by atoms with Crippen molar-refractivity contribution in [3.63, 3.8) is 0 Å². The molecule has 21 heavy (non-hydrogen) atoms. The fourth-order valence-electron chi connectivity index (χ4n) is 2.55. The van der Waals surface area contributed by atoms with Crippen molar-refractivity contribution in [3.05, 3.63) is 35.4 Å². The van der Waals surface area contributed by atoms with E-state index in [2.05, 4.69) is 19.2 Å². The molecule has 1 fully saturated rings. The van der Waals surface area contributed by atoms with E-state index in [9.17, 15) is 8.78 Å². The summed E-state index contributed by atoms with van der Waals surface area (Å²) in [7, 11) is 0. The van der Waals surface area contributed by atoms with Crippen molar-refractivity contribution in [2.45, 2.75) is 32.2 Å². The zero-order valence-electron chi connectivity index (χ0n) is 12.4. The van der Waals surface area contributed by atoms with Crippen LogP contribution in [-0.2, 0) is 0 Å². The highest BCUT2D eigenvalue weighted by atomic mass is 35.5. The quantitative estimate of drug-likeness (QED) is 0.895. The first kappa shape index (κ1) is 20.6. The largest absolute Gasteiger partial charge is 0.314 e. The molecule has 6 heteroatoms. The van der Waals surface area contributed by atoms with Crippen LogP contribution >= 0.6 is 24.8 Å². The Hall–Kier alpha value is -0.420. The van der Waals surface area contributed by atoms with E-state index >= 15 is 0 Å². The Morgan fingerprint density at radius 1 is 0.952 bits per heavy atom. The van der Waals surface area contributed by atoms with Crippen molar-refractivity contribution in [1.29, 1.82) is 0 Å². The lowest BCUT2D eigenvalue weighted by Crippen LogP contribution is -2.46. The Morgan fingerprint density at radius 3 is 1.86 bits per heavy atom. The van der Waals surface area contributed by atoms with Gasteiger partial charge in [-0.15, -0.1) is 24.8 Å². The van der Waals surface area contributed by atoms with Crippen LogP contribution in [0.3, 0.4) is 0 Å². The first-order chi connectivity index (χ1) is 9.09. The van der Waals surface area contributed by atoms with Crippen LogP contribution in [0.5, 0.6) is 0 Å². The minimum absolute atomic E-state index is 0. The molecule has 2 rings (SSSR count). The molecule has 0 aromatic heterocycles. The molecule has 0 amide bonds. The lowest BCUT2D eigenvalue weighted by atomic mass is 9.98. The molecule has 0 aliphatic carbocycles. The molecule has 1 heterocycles. The minimum atomic E-state index is -2.34. The van der Waals surface area contributed by atoms with Gasteiger partial charge in [0.1, 0.15) is 0 Å². The maximum atomic E-state index is 13.4. The summed E-state index contributed by atoms with van der Waals surface area (Å²) in [4.78, 5) is 1.88. The second-order valence-corrected chi connectivity index (χ2v) is 5.39.